The van der Waals surface area contributed by atoms with Gasteiger partial charge in [0.05, 0.1) is 0 Å². The molecule has 0 aromatic rings. The second-order valence-electron chi connectivity index (χ2n) is 2.86. The van der Waals surface area contributed by atoms with E-state index in [1.807, 2.05) is 0 Å². The van der Waals surface area contributed by atoms with E-state index in [2.05, 4.69) is 0 Å². The van der Waals surface area contributed by atoms with E-state index in [-0.39, 0.29) is 0 Å². The van der Waals surface area contributed by atoms with Crippen molar-refractivity contribution in [1.29, 1.82) is 0 Å². The maximum absolute atomic E-state index is 12.2. The van der Waals surface area contributed by atoms with Crippen LogP contribution in [-0.2, 0) is 0 Å². The zero-order valence-corrected chi connectivity index (χ0v) is 7.13. The molecule has 2 aliphatic carbocycles. The minimum absolute atomic E-state index is 0.389. The van der Waals surface area contributed by atoms with E-state index in [1.165, 1.54) is 6.08 Å². The zero-order valence-electron chi connectivity index (χ0n) is 5.62. The Balaban J connectivity index is 2.29. The van der Waals surface area contributed by atoms with Crippen LogP contribution < -0.4 is 0 Å². The van der Waals surface area contributed by atoms with Gasteiger partial charge in [-0.15, -0.1) is 11.6 Å². The van der Waals surface area contributed by atoms with Crippen LogP contribution >= 0.6 is 23.2 Å². The first kappa shape index (κ1) is 8.45. The largest absolute Gasteiger partial charge is 0.412 e. The topological polar surface area (TPSA) is 0 Å². The van der Waals surface area contributed by atoms with E-state index in [4.69, 9.17) is 23.2 Å². The van der Waals surface area contributed by atoms with Gasteiger partial charge < -0.3 is 0 Å². The van der Waals surface area contributed by atoms with E-state index < -0.39 is 17.0 Å². The third-order valence-electron chi connectivity index (χ3n) is 2.18. The Hall–Kier alpha value is -0.150. The molecule has 0 aliphatic heterocycles. The summed E-state index contributed by atoms with van der Waals surface area (Å²) in [7, 11) is 0. The highest BCUT2D eigenvalue weighted by molar-refractivity contribution is 6.36. The highest BCUT2D eigenvalue weighted by atomic mass is 35.5. The third kappa shape index (κ3) is 0.761. The zero-order chi connectivity index (χ0) is 9.15. The fourth-order valence-electron chi connectivity index (χ4n) is 1.37. The summed E-state index contributed by atoms with van der Waals surface area (Å²) in [6.07, 6.45) is -2.09. The summed E-state index contributed by atoms with van der Waals surface area (Å²) in [6, 6.07) is 0. The van der Waals surface area contributed by atoms with Crippen molar-refractivity contribution in [2.45, 2.75) is 11.1 Å². The van der Waals surface area contributed by atoms with Crippen LogP contribution in [0.5, 0.6) is 0 Å². The Morgan fingerprint density at radius 1 is 1.42 bits per heavy atom. The second-order valence-corrected chi connectivity index (χ2v) is 3.89. The lowest BCUT2D eigenvalue weighted by molar-refractivity contribution is -0.162. The van der Waals surface area contributed by atoms with Gasteiger partial charge in [0.2, 0.25) is 0 Å². The molecular weight excluding hydrogens is 212 g/mol. The molecular formula is C7H3Cl2F3. The molecule has 0 heterocycles. The van der Waals surface area contributed by atoms with E-state index in [0.29, 0.717) is 10.6 Å². The molecule has 0 bridgehead atoms. The van der Waals surface area contributed by atoms with Gasteiger partial charge in [-0.2, -0.15) is 13.2 Å². The van der Waals surface area contributed by atoms with Gasteiger partial charge in [0, 0.05) is 11.0 Å². The van der Waals surface area contributed by atoms with Gasteiger partial charge in [0.1, 0.15) is 0 Å². The van der Waals surface area contributed by atoms with Crippen LogP contribution in [-0.4, -0.2) is 11.1 Å². The SMILES string of the molecule is FC(F)(F)[C@]1(Cl)C=C2C(Cl)=C[C@@H]21. The molecule has 2 atom stereocenters. The number of hydrogen-bond acceptors (Lipinski definition) is 0. The minimum atomic E-state index is -4.39. The number of alkyl halides is 4. The fraction of sp³-hybridized carbons (Fsp3) is 0.429. The van der Waals surface area contributed by atoms with E-state index >= 15 is 0 Å². The Kier molecular flexibility index (Phi) is 1.42. The molecule has 0 fully saturated rings. The highest BCUT2D eigenvalue weighted by Gasteiger charge is 2.65. The lowest BCUT2D eigenvalue weighted by atomic mass is 9.66. The fourth-order valence-corrected chi connectivity index (χ4v) is 1.97. The van der Waals surface area contributed by atoms with Crippen LogP contribution in [0.2, 0.25) is 0 Å². The van der Waals surface area contributed by atoms with Gasteiger partial charge in [-0.1, -0.05) is 17.7 Å². The Bertz CT molecular complexity index is 302. The molecule has 0 saturated carbocycles. The van der Waals surface area contributed by atoms with Crippen molar-refractivity contribution >= 4 is 23.2 Å². The average molecular weight is 215 g/mol. The summed E-state index contributed by atoms with van der Waals surface area (Å²) in [5, 5.41) is 0.389. The van der Waals surface area contributed by atoms with Crippen molar-refractivity contribution in [3.05, 3.63) is 22.8 Å². The molecule has 0 unspecified atom stereocenters. The maximum atomic E-state index is 12.2. The van der Waals surface area contributed by atoms with Gasteiger partial charge in [0.15, 0.2) is 4.87 Å². The number of allylic oxidation sites excluding steroid dienone is 4. The molecule has 0 nitrogen and oxygen atoms in total. The smallest absolute Gasteiger partial charge is 0.169 e. The average Bonchev–Trinajstić information content (AvgIpc) is 1.92. The Morgan fingerprint density at radius 2 is 2.00 bits per heavy atom. The molecule has 0 N–H and O–H groups in total. The van der Waals surface area contributed by atoms with Gasteiger partial charge in [-0.3, -0.25) is 0 Å². The molecule has 66 valence electrons. The lowest BCUT2D eigenvalue weighted by Gasteiger charge is -2.47. The van der Waals surface area contributed by atoms with Crippen LogP contribution in [0.3, 0.4) is 0 Å². The summed E-state index contributed by atoms with van der Waals surface area (Å²) in [5.74, 6) is -0.730. The first-order valence-corrected chi connectivity index (χ1v) is 3.98. The number of fused-ring (bicyclic) bond motifs is 1. The van der Waals surface area contributed by atoms with Gasteiger partial charge in [-0.05, 0) is 11.6 Å². The predicted octanol–water partition coefficient (Wildman–Crippen LogP) is 3.22. The normalized spacial score (nSPS) is 38.9. The molecule has 0 spiro atoms. The van der Waals surface area contributed by atoms with Crippen molar-refractivity contribution in [3.8, 4) is 0 Å². The van der Waals surface area contributed by atoms with Crippen LogP contribution in [0.15, 0.2) is 22.8 Å². The molecule has 0 amide bonds. The molecule has 5 heteroatoms. The molecule has 0 aromatic heterocycles. The minimum Gasteiger partial charge on any atom is -0.169 e. The Labute approximate surface area is 76.6 Å². The van der Waals surface area contributed by atoms with Crippen molar-refractivity contribution in [2.75, 3.05) is 0 Å². The summed E-state index contributed by atoms with van der Waals surface area (Å²) in [4.78, 5) is -2.19. The highest BCUT2D eigenvalue weighted by Crippen LogP contribution is 2.60. The number of halogens is 5. The van der Waals surface area contributed by atoms with Crippen LogP contribution in [0.25, 0.3) is 0 Å². The summed E-state index contributed by atoms with van der Waals surface area (Å²) < 4.78 is 36.7. The van der Waals surface area contributed by atoms with E-state index in [1.54, 1.807) is 0 Å². The third-order valence-corrected chi connectivity index (χ3v) is 3.08. The Morgan fingerprint density at radius 3 is 2.25 bits per heavy atom. The molecule has 2 aliphatic rings. The quantitative estimate of drug-likeness (QED) is 0.544. The lowest BCUT2D eigenvalue weighted by Crippen LogP contribution is -2.54. The monoisotopic (exact) mass is 214 g/mol. The van der Waals surface area contributed by atoms with Crippen LogP contribution in [0.1, 0.15) is 0 Å². The summed E-state index contributed by atoms with van der Waals surface area (Å²) in [5.41, 5.74) is 0.518. The second kappa shape index (κ2) is 2.02. The standard InChI is InChI=1S/C7H3Cl2F3/c8-5-1-4-3(5)2-6(4,9)7(10,11)12/h1-2,4H/t4-,6-/m0/s1. The first-order valence-electron chi connectivity index (χ1n) is 3.22. The van der Waals surface area contributed by atoms with Gasteiger partial charge in [-0.25, -0.2) is 0 Å². The van der Waals surface area contributed by atoms with Gasteiger partial charge >= 0.3 is 6.18 Å². The van der Waals surface area contributed by atoms with Crippen molar-refractivity contribution < 1.29 is 13.2 Å². The maximum Gasteiger partial charge on any atom is 0.412 e. The van der Waals surface area contributed by atoms with Crippen LogP contribution in [0.4, 0.5) is 13.2 Å². The van der Waals surface area contributed by atoms with Crippen molar-refractivity contribution in [2.24, 2.45) is 5.92 Å². The van der Waals surface area contributed by atoms with Gasteiger partial charge in [0.25, 0.3) is 0 Å². The van der Waals surface area contributed by atoms with Crippen LogP contribution in [0, 0.1) is 5.92 Å². The number of hydrogen-bond donors (Lipinski definition) is 0. The molecule has 0 aromatic carbocycles. The summed E-state index contributed by atoms with van der Waals surface area (Å²) in [6.45, 7) is 0. The molecule has 12 heavy (non-hydrogen) atoms. The summed E-state index contributed by atoms with van der Waals surface area (Å²) >= 11 is 10.8. The molecule has 0 saturated heterocycles. The number of rotatable bonds is 0. The van der Waals surface area contributed by atoms with E-state index in [9.17, 15) is 13.2 Å². The van der Waals surface area contributed by atoms with Crippen molar-refractivity contribution in [3.63, 3.8) is 0 Å². The van der Waals surface area contributed by atoms with Crippen molar-refractivity contribution in [1.82, 2.24) is 0 Å². The van der Waals surface area contributed by atoms with E-state index in [0.717, 1.165) is 6.08 Å². The molecule has 0 radical (unpaired) electrons. The predicted molar refractivity (Wildman–Crippen MR) is 40.1 cm³/mol. The molecule has 2 rings (SSSR count). The first-order chi connectivity index (χ1) is 5.36.